The Morgan fingerprint density at radius 2 is 1.59 bits per heavy atom. The van der Waals surface area contributed by atoms with E-state index in [1.54, 1.807) is 6.08 Å². The zero-order valence-corrected chi connectivity index (χ0v) is 12.7. The van der Waals surface area contributed by atoms with Crippen molar-refractivity contribution in [1.29, 1.82) is 0 Å². The van der Waals surface area contributed by atoms with Crippen LogP contribution in [0.2, 0.25) is 0 Å². The summed E-state index contributed by atoms with van der Waals surface area (Å²) in [5.41, 5.74) is 8.43. The van der Waals surface area contributed by atoms with Gasteiger partial charge in [0.05, 0.1) is 0 Å². The van der Waals surface area contributed by atoms with Crippen LogP contribution < -0.4 is 5.73 Å². The van der Waals surface area contributed by atoms with Crippen molar-refractivity contribution in [2.75, 3.05) is 0 Å². The molecule has 0 amide bonds. The van der Waals surface area contributed by atoms with Gasteiger partial charge in [-0.05, 0) is 18.1 Å². The second-order valence-corrected chi connectivity index (χ2v) is 5.28. The quantitative estimate of drug-likeness (QED) is 0.657. The van der Waals surface area contributed by atoms with Crippen molar-refractivity contribution >= 4 is 5.97 Å². The van der Waals surface area contributed by atoms with Crippen molar-refractivity contribution in [3.8, 4) is 0 Å². The summed E-state index contributed by atoms with van der Waals surface area (Å²) in [5, 5.41) is 0. The van der Waals surface area contributed by atoms with E-state index in [2.05, 4.69) is 0 Å². The van der Waals surface area contributed by atoms with Crippen molar-refractivity contribution < 1.29 is 9.53 Å². The minimum absolute atomic E-state index is 0.192. The molecule has 2 aromatic rings. The highest BCUT2D eigenvalue weighted by molar-refractivity contribution is 5.89. The van der Waals surface area contributed by atoms with Gasteiger partial charge in [-0.15, -0.1) is 0 Å². The second kappa shape index (κ2) is 8.15. The van der Waals surface area contributed by atoms with E-state index >= 15 is 0 Å². The van der Waals surface area contributed by atoms with Crippen molar-refractivity contribution in [3.05, 3.63) is 83.4 Å². The summed E-state index contributed by atoms with van der Waals surface area (Å²) in [5.74, 6) is -0.315. The highest BCUT2D eigenvalue weighted by Crippen LogP contribution is 2.12. The summed E-state index contributed by atoms with van der Waals surface area (Å²) in [4.78, 5) is 12.3. The highest BCUT2D eigenvalue weighted by Gasteiger charge is 2.13. The molecular formula is C19H21NO2. The third-order valence-corrected chi connectivity index (χ3v) is 3.18. The van der Waals surface area contributed by atoms with Gasteiger partial charge in [-0.3, -0.25) is 0 Å². The van der Waals surface area contributed by atoms with Crippen LogP contribution in [0.4, 0.5) is 0 Å². The molecule has 3 nitrogen and oxygen atoms in total. The minimum atomic E-state index is -0.315. The van der Waals surface area contributed by atoms with Crippen LogP contribution in [-0.2, 0) is 22.6 Å². The molecule has 1 unspecified atom stereocenters. The molecule has 2 N–H and O–H groups in total. The van der Waals surface area contributed by atoms with Gasteiger partial charge in [0, 0.05) is 18.0 Å². The smallest absolute Gasteiger partial charge is 0.334 e. The average Bonchev–Trinajstić information content (AvgIpc) is 2.53. The number of carbonyl (C=O) groups excluding carboxylic acids is 1. The Kier molecular flexibility index (Phi) is 5.92. The lowest BCUT2D eigenvalue weighted by Crippen LogP contribution is -2.17. The van der Waals surface area contributed by atoms with Gasteiger partial charge in [-0.25, -0.2) is 4.79 Å². The van der Waals surface area contributed by atoms with E-state index in [0.29, 0.717) is 12.0 Å². The third-order valence-electron chi connectivity index (χ3n) is 3.18. The van der Waals surface area contributed by atoms with Gasteiger partial charge in [0.1, 0.15) is 6.61 Å². The number of nitrogens with two attached hydrogens (primary N) is 1. The molecule has 22 heavy (non-hydrogen) atoms. The maximum absolute atomic E-state index is 12.3. The fourth-order valence-electron chi connectivity index (χ4n) is 2.15. The summed E-state index contributed by atoms with van der Waals surface area (Å²) >= 11 is 0. The summed E-state index contributed by atoms with van der Waals surface area (Å²) < 4.78 is 5.40. The average molecular weight is 295 g/mol. The van der Waals surface area contributed by atoms with Gasteiger partial charge < -0.3 is 10.5 Å². The van der Waals surface area contributed by atoms with E-state index in [4.69, 9.17) is 10.5 Å². The van der Waals surface area contributed by atoms with Crippen LogP contribution in [0, 0.1) is 0 Å². The van der Waals surface area contributed by atoms with Gasteiger partial charge in [-0.1, -0.05) is 66.7 Å². The number of hydrogen-bond acceptors (Lipinski definition) is 3. The zero-order chi connectivity index (χ0) is 15.8. The largest absolute Gasteiger partial charge is 0.457 e. The molecule has 0 aliphatic rings. The maximum atomic E-state index is 12.3. The molecule has 2 aromatic carbocycles. The van der Waals surface area contributed by atoms with E-state index in [9.17, 15) is 4.79 Å². The Balaban J connectivity index is 2.04. The number of benzene rings is 2. The van der Waals surface area contributed by atoms with Crippen LogP contribution in [0.15, 0.2) is 72.3 Å². The van der Waals surface area contributed by atoms with Crippen molar-refractivity contribution in [1.82, 2.24) is 0 Å². The minimum Gasteiger partial charge on any atom is -0.457 e. The first kappa shape index (κ1) is 16.0. The van der Waals surface area contributed by atoms with Crippen molar-refractivity contribution in [2.24, 2.45) is 5.73 Å². The predicted octanol–water partition coefficient (Wildman–Crippen LogP) is 3.25. The van der Waals surface area contributed by atoms with Gasteiger partial charge in [-0.2, -0.15) is 0 Å². The fraction of sp³-hybridized carbons (Fsp3) is 0.211. The number of ether oxygens (including phenoxy) is 1. The van der Waals surface area contributed by atoms with Gasteiger partial charge in [0.2, 0.25) is 0 Å². The van der Waals surface area contributed by atoms with Crippen LogP contribution >= 0.6 is 0 Å². The Bertz CT molecular complexity index is 618. The lowest BCUT2D eigenvalue weighted by molar-refractivity contribution is -0.140. The molecule has 0 spiro atoms. The van der Waals surface area contributed by atoms with Crippen LogP contribution in [0.3, 0.4) is 0 Å². The molecule has 0 aliphatic heterocycles. The van der Waals surface area contributed by atoms with Gasteiger partial charge in [0.15, 0.2) is 0 Å². The molecule has 0 saturated carbocycles. The second-order valence-electron chi connectivity index (χ2n) is 5.28. The normalized spacial score (nSPS) is 12.7. The Morgan fingerprint density at radius 3 is 2.14 bits per heavy atom. The van der Waals surface area contributed by atoms with Crippen molar-refractivity contribution in [2.45, 2.75) is 26.0 Å². The first-order chi connectivity index (χ1) is 10.6. The van der Waals surface area contributed by atoms with Crippen LogP contribution in [0.25, 0.3) is 0 Å². The molecule has 0 bridgehead atoms. The number of carbonyl (C=O) groups is 1. The lowest BCUT2D eigenvalue weighted by atomic mass is 10.0. The standard InChI is InChI=1S/C19H21NO2/c1-15(20)12-18(13-16-8-4-2-5-9-16)19(21)22-14-17-10-6-3-7-11-17/h2-12,15H,13-14,20H2,1H3. The fourth-order valence-corrected chi connectivity index (χ4v) is 2.15. The van der Waals surface area contributed by atoms with Gasteiger partial charge >= 0.3 is 5.97 Å². The zero-order valence-electron chi connectivity index (χ0n) is 12.7. The van der Waals surface area contributed by atoms with Gasteiger partial charge in [0.25, 0.3) is 0 Å². The van der Waals surface area contributed by atoms with Crippen molar-refractivity contribution in [3.63, 3.8) is 0 Å². The maximum Gasteiger partial charge on any atom is 0.334 e. The summed E-state index contributed by atoms with van der Waals surface area (Å²) in [6, 6.07) is 19.3. The Labute approximate surface area is 131 Å². The van der Waals surface area contributed by atoms with E-state index in [0.717, 1.165) is 11.1 Å². The van der Waals surface area contributed by atoms with Crippen LogP contribution in [0.1, 0.15) is 18.1 Å². The molecule has 0 aromatic heterocycles. The SMILES string of the molecule is CC(N)C=C(Cc1ccccc1)C(=O)OCc1ccccc1. The molecule has 0 radical (unpaired) electrons. The van der Waals surface area contributed by atoms with E-state index in [1.165, 1.54) is 0 Å². The Morgan fingerprint density at radius 1 is 1.05 bits per heavy atom. The lowest BCUT2D eigenvalue weighted by Gasteiger charge is -2.10. The molecule has 0 saturated heterocycles. The predicted molar refractivity (Wildman–Crippen MR) is 88.1 cm³/mol. The number of esters is 1. The van der Waals surface area contributed by atoms with E-state index in [-0.39, 0.29) is 18.6 Å². The molecular weight excluding hydrogens is 274 g/mol. The summed E-state index contributed by atoms with van der Waals surface area (Å²) in [6.45, 7) is 2.11. The Hall–Kier alpha value is -2.39. The summed E-state index contributed by atoms with van der Waals surface area (Å²) in [6.07, 6.45) is 2.29. The highest BCUT2D eigenvalue weighted by atomic mass is 16.5. The number of hydrogen-bond donors (Lipinski definition) is 1. The van der Waals surface area contributed by atoms with E-state index in [1.807, 2.05) is 67.6 Å². The molecule has 1 atom stereocenters. The molecule has 114 valence electrons. The van der Waals surface area contributed by atoms with E-state index < -0.39 is 0 Å². The van der Waals surface area contributed by atoms with Crippen LogP contribution in [-0.4, -0.2) is 12.0 Å². The topological polar surface area (TPSA) is 52.3 Å². The number of rotatable bonds is 6. The van der Waals surface area contributed by atoms with Crippen LogP contribution in [0.5, 0.6) is 0 Å². The molecule has 2 rings (SSSR count). The molecule has 0 fully saturated rings. The molecule has 0 heterocycles. The monoisotopic (exact) mass is 295 g/mol. The first-order valence-electron chi connectivity index (χ1n) is 7.36. The summed E-state index contributed by atoms with van der Waals surface area (Å²) in [7, 11) is 0. The molecule has 3 heteroatoms. The first-order valence-corrected chi connectivity index (χ1v) is 7.36. The third kappa shape index (κ3) is 5.19. The molecule has 0 aliphatic carbocycles.